The number of rotatable bonds is 7. The molecule has 0 radical (unpaired) electrons. The third kappa shape index (κ3) is 6.70. The van der Waals surface area contributed by atoms with E-state index in [0.717, 1.165) is 6.08 Å². The van der Waals surface area contributed by atoms with Crippen LogP contribution in [0.1, 0.15) is 48.5 Å². The summed E-state index contributed by atoms with van der Waals surface area (Å²) < 4.78 is 10.4. The van der Waals surface area contributed by atoms with Gasteiger partial charge in [-0.25, -0.2) is 4.79 Å². The number of ether oxygens (including phenoxy) is 2. The van der Waals surface area contributed by atoms with E-state index in [4.69, 9.17) is 9.47 Å². The highest BCUT2D eigenvalue weighted by molar-refractivity contribution is 5.94. The fraction of sp³-hybridized carbons (Fsp3) is 0.733. The Bertz CT molecular complexity index is 351. The average Bonchev–Trinajstić information content (AvgIpc) is 2.24. The van der Waals surface area contributed by atoms with Crippen molar-refractivity contribution in [1.82, 2.24) is 4.90 Å². The van der Waals surface area contributed by atoms with Crippen LogP contribution in [0.3, 0.4) is 0 Å². The number of carbonyl (C=O) groups is 2. The first-order valence-corrected chi connectivity index (χ1v) is 6.98. The summed E-state index contributed by atoms with van der Waals surface area (Å²) in [5.41, 5.74) is 0. The molecule has 0 aromatic carbocycles. The Labute approximate surface area is 121 Å². The Kier molecular flexibility index (Phi) is 7.50. The van der Waals surface area contributed by atoms with Crippen molar-refractivity contribution in [2.45, 2.75) is 66.3 Å². The number of carbonyl (C=O) groups excluding carboxylic acids is 2. The molecule has 0 N–H and O–H groups in total. The van der Waals surface area contributed by atoms with Crippen molar-refractivity contribution in [2.75, 3.05) is 6.61 Å². The van der Waals surface area contributed by atoms with Gasteiger partial charge in [-0.2, -0.15) is 0 Å². The summed E-state index contributed by atoms with van der Waals surface area (Å²) in [5.74, 6) is -1.79. The van der Waals surface area contributed by atoms with Crippen LogP contribution in [-0.2, 0) is 19.1 Å². The molecular formula is C15H27NO4. The lowest BCUT2D eigenvalue weighted by Crippen LogP contribution is -2.41. The molecule has 0 aliphatic heterocycles. The van der Waals surface area contributed by atoms with Gasteiger partial charge in [-0.3, -0.25) is 4.79 Å². The van der Waals surface area contributed by atoms with Gasteiger partial charge in [0.2, 0.25) is 11.7 Å². The molecule has 0 saturated carbocycles. The fourth-order valence-electron chi connectivity index (χ4n) is 1.98. The molecule has 5 heteroatoms. The van der Waals surface area contributed by atoms with Gasteiger partial charge in [-0.15, -0.1) is 0 Å². The van der Waals surface area contributed by atoms with E-state index >= 15 is 0 Å². The van der Waals surface area contributed by atoms with Crippen LogP contribution in [-0.4, -0.2) is 41.3 Å². The van der Waals surface area contributed by atoms with Crippen LogP contribution in [0, 0.1) is 0 Å². The van der Waals surface area contributed by atoms with Crippen LogP contribution in [0.4, 0.5) is 0 Å². The molecule has 0 spiro atoms. The van der Waals surface area contributed by atoms with E-state index < -0.39 is 11.8 Å². The number of amides is 1. The zero-order valence-electron chi connectivity index (χ0n) is 13.6. The molecule has 1 amide bonds. The summed E-state index contributed by atoms with van der Waals surface area (Å²) in [4.78, 5) is 25.4. The Morgan fingerprint density at radius 3 is 2.00 bits per heavy atom. The van der Waals surface area contributed by atoms with Crippen LogP contribution in [0.2, 0.25) is 0 Å². The molecule has 116 valence electrons. The summed E-state index contributed by atoms with van der Waals surface area (Å²) in [7, 11) is 0. The molecule has 0 bridgehead atoms. The standard InChI is InChI=1S/C15H27NO4/c1-8-19-15(6,7)20-14(18)10-9-13(17)16(11(2)3)12(4)5/h9-12H,8H2,1-7H3/b10-9-. The SMILES string of the molecule is CCOC(C)(C)OC(=O)/C=C\C(=O)N(C(C)C)C(C)C. The van der Waals surface area contributed by atoms with Crippen molar-refractivity contribution < 1.29 is 19.1 Å². The first-order chi connectivity index (χ1) is 9.10. The molecule has 0 atom stereocenters. The van der Waals surface area contributed by atoms with Crippen molar-refractivity contribution in [2.24, 2.45) is 0 Å². The lowest BCUT2D eigenvalue weighted by molar-refractivity contribution is -0.209. The molecule has 0 saturated heterocycles. The second-order valence-corrected chi connectivity index (χ2v) is 5.52. The largest absolute Gasteiger partial charge is 0.431 e. The Morgan fingerprint density at radius 1 is 1.10 bits per heavy atom. The summed E-state index contributed by atoms with van der Waals surface area (Å²) in [6, 6.07) is 0.145. The number of esters is 1. The van der Waals surface area contributed by atoms with Gasteiger partial charge >= 0.3 is 5.97 Å². The van der Waals surface area contributed by atoms with E-state index in [1.165, 1.54) is 6.08 Å². The van der Waals surface area contributed by atoms with Crippen molar-refractivity contribution in [1.29, 1.82) is 0 Å². The fourth-order valence-corrected chi connectivity index (χ4v) is 1.98. The topological polar surface area (TPSA) is 55.8 Å². The predicted molar refractivity (Wildman–Crippen MR) is 78.1 cm³/mol. The van der Waals surface area contributed by atoms with E-state index in [1.54, 1.807) is 18.7 Å². The third-order valence-electron chi connectivity index (χ3n) is 2.57. The van der Waals surface area contributed by atoms with Gasteiger partial charge < -0.3 is 14.4 Å². The quantitative estimate of drug-likeness (QED) is 0.410. The maximum absolute atomic E-state index is 12.0. The second kappa shape index (κ2) is 8.04. The van der Waals surface area contributed by atoms with Crippen molar-refractivity contribution in [3.05, 3.63) is 12.2 Å². The van der Waals surface area contributed by atoms with Gasteiger partial charge in [0, 0.05) is 44.7 Å². The van der Waals surface area contributed by atoms with Crippen LogP contribution < -0.4 is 0 Å². The van der Waals surface area contributed by atoms with Gasteiger partial charge in [-0.05, 0) is 34.6 Å². The summed E-state index contributed by atoms with van der Waals surface area (Å²) >= 11 is 0. The van der Waals surface area contributed by atoms with Gasteiger partial charge in [0.1, 0.15) is 0 Å². The maximum Gasteiger partial charge on any atom is 0.333 e. The zero-order chi connectivity index (χ0) is 15.9. The van der Waals surface area contributed by atoms with Crippen LogP contribution in [0.15, 0.2) is 12.2 Å². The monoisotopic (exact) mass is 285 g/mol. The van der Waals surface area contributed by atoms with Crippen molar-refractivity contribution in [3.8, 4) is 0 Å². The minimum Gasteiger partial charge on any atom is -0.431 e. The van der Waals surface area contributed by atoms with Crippen LogP contribution >= 0.6 is 0 Å². The third-order valence-corrected chi connectivity index (χ3v) is 2.57. The van der Waals surface area contributed by atoms with E-state index in [2.05, 4.69) is 0 Å². The highest BCUT2D eigenvalue weighted by Gasteiger charge is 2.22. The Hall–Kier alpha value is -1.36. The molecule has 0 rings (SSSR count). The smallest absolute Gasteiger partial charge is 0.333 e. The highest BCUT2D eigenvalue weighted by atomic mass is 16.7. The molecule has 0 aromatic heterocycles. The number of nitrogens with zero attached hydrogens (tertiary/aromatic N) is 1. The molecule has 0 fully saturated rings. The molecule has 0 heterocycles. The maximum atomic E-state index is 12.0. The number of hydrogen-bond donors (Lipinski definition) is 0. The molecule has 0 aromatic rings. The first-order valence-electron chi connectivity index (χ1n) is 6.98. The van der Waals surface area contributed by atoms with Gasteiger partial charge in [0.25, 0.3) is 0 Å². The lowest BCUT2D eigenvalue weighted by atomic mass is 10.2. The summed E-state index contributed by atoms with van der Waals surface area (Å²) in [5, 5.41) is 0. The zero-order valence-corrected chi connectivity index (χ0v) is 13.6. The average molecular weight is 285 g/mol. The van der Waals surface area contributed by atoms with E-state index in [-0.39, 0.29) is 18.0 Å². The van der Waals surface area contributed by atoms with Gasteiger partial charge in [0.05, 0.1) is 0 Å². The predicted octanol–water partition coefficient (Wildman–Crippen LogP) is 2.50. The van der Waals surface area contributed by atoms with Crippen molar-refractivity contribution in [3.63, 3.8) is 0 Å². The van der Waals surface area contributed by atoms with E-state index in [1.807, 2.05) is 34.6 Å². The molecule has 20 heavy (non-hydrogen) atoms. The summed E-state index contributed by atoms with van der Waals surface area (Å²) in [6.45, 7) is 13.3. The Balaban J connectivity index is 4.62. The molecule has 0 aliphatic carbocycles. The highest BCUT2D eigenvalue weighted by Crippen LogP contribution is 2.12. The van der Waals surface area contributed by atoms with Crippen LogP contribution in [0.5, 0.6) is 0 Å². The first kappa shape index (κ1) is 18.6. The van der Waals surface area contributed by atoms with Crippen LogP contribution in [0.25, 0.3) is 0 Å². The second-order valence-electron chi connectivity index (χ2n) is 5.52. The Morgan fingerprint density at radius 2 is 1.60 bits per heavy atom. The molecule has 0 unspecified atom stereocenters. The molecule has 5 nitrogen and oxygen atoms in total. The molecular weight excluding hydrogens is 258 g/mol. The normalized spacial score (nSPS) is 12.2. The van der Waals surface area contributed by atoms with E-state index in [9.17, 15) is 9.59 Å². The minimum absolute atomic E-state index is 0.0723. The van der Waals surface area contributed by atoms with Crippen molar-refractivity contribution >= 4 is 11.9 Å². The van der Waals surface area contributed by atoms with E-state index in [0.29, 0.717) is 6.61 Å². The molecule has 0 aliphatic rings. The van der Waals surface area contributed by atoms with Gasteiger partial charge in [0.15, 0.2) is 0 Å². The summed E-state index contributed by atoms with van der Waals surface area (Å²) in [6.07, 6.45) is 2.38. The van der Waals surface area contributed by atoms with Gasteiger partial charge in [-0.1, -0.05) is 0 Å². The lowest BCUT2D eigenvalue weighted by Gasteiger charge is -2.29. The number of hydrogen-bond acceptors (Lipinski definition) is 4. The minimum atomic E-state index is -0.991.